The van der Waals surface area contributed by atoms with Gasteiger partial charge in [-0.2, -0.15) is 0 Å². The van der Waals surface area contributed by atoms with Gasteiger partial charge in [0.25, 0.3) is 0 Å². The van der Waals surface area contributed by atoms with Crippen LogP contribution in [0.4, 0.5) is 17.1 Å². The molecule has 1 unspecified atom stereocenters. The summed E-state index contributed by atoms with van der Waals surface area (Å²) in [6.45, 7) is 8.89. The average Bonchev–Trinajstić information content (AvgIpc) is 2.77. The second-order valence-electron chi connectivity index (χ2n) is 7.72. The third-order valence-corrected chi connectivity index (χ3v) is 5.53. The van der Waals surface area contributed by atoms with Crippen molar-refractivity contribution in [2.45, 2.75) is 52.0 Å². The fourth-order valence-corrected chi connectivity index (χ4v) is 3.95. The van der Waals surface area contributed by atoms with Gasteiger partial charge in [-0.25, -0.2) is 9.97 Å². The molecule has 8 heteroatoms. The van der Waals surface area contributed by atoms with Crippen LogP contribution in [0.3, 0.4) is 0 Å². The predicted molar refractivity (Wildman–Crippen MR) is 120 cm³/mol. The summed E-state index contributed by atoms with van der Waals surface area (Å²) >= 11 is 0. The summed E-state index contributed by atoms with van der Waals surface area (Å²) in [5.41, 5.74) is 3.71. The number of carbonyl (C=O) groups is 1. The monoisotopic (exact) mass is 428 g/mol. The van der Waals surface area contributed by atoms with E-state index in [1.54, 1.807) is 12.4 Å². The predicted octanol–water partition coefficient (Wildman–Crippen LogP) is 4.20. The average molecular weight is 429 g/mol. The van der Waals surface area contributed by atoms with Crippen molar-refractivity contribution >= 4 is 23.0 Å². The molecule has 8 nitrogen and oxygen atoms in total. The highest BCUT2D eigenvalue weighted by Crippen LogP contribution is 2.35. The first-order chi connectivity index (χ1) is 15.0. The van der Waals surface area contributed by atoms with Gasteiger partial charge in [0.05, 0.1) is 42.5 Å². The second kappa shape index (κ2) is 10.9. The zero-order valence-corrected chi connectivity index (χ0v) is 18.5. The molecule has 2 heterocycles. The van der Waals surface area contributed by atoms with Crippen molar-refractivity contribution in [3.8, 4) is 6.01 Å². The zero-order valence-electron chi connectivity index (χ0n) is 18.5. The fourth-order valence-electron chi connectivity index (χ4n) is 3.95. The Morgan fingerprint density at radius 3 is 2.61 bits per heavy atom. The van der Waals surface area contributed by atoms with E-state index in [4.69, 9.17) is 9.47 Å². The molecule has 1 aromatic heterocycles. The van der Waals surface area contributed by atoms with Gasteiger partial charge in [0, 0.05) is 25.8 Å². The molecule has 3 rings (SSSR count). The summed E-state index contributed by atoms with van der Waals surface area (Å²) in [6, 6.07) is 6.91. The van der Waals surface area contributed by atoms with Crippen molar-refractivity contribution in [3.63, 3.8) is 0 Å². The van der Waals surface area contributed by atoms with Gasteiger partial charge in [-0.15, -0.1) is 0 Å². The smallest absolute Gasteiger partial charge is 0.316 e. The summed E-state index contributed by atoms with van der Waals surface area (Å²) < 4.78 is 10.9. The topological polar surface area (TPSA) is 96.8 Å². The van der Waals surface area contributed by atoms with Gasteiger partial charge in [-0.3, -0.25) is 4.79 Å². The lowest BCUT2D eigenvalue weighted by molar-refractivity contribution is -0.137. The standard InChI is InChI=1S/C23H32N4O4/c1-4-27(19-8-10-30-11-9-19)21-7-6-17(16(3)12-22(28)29)13-20(21)26-18-14-24-23(25-15-18)31-5-2/h6-7,13-16,19,26H,4-5,8-12H2,1-3H3,(H,28,29). The number of rotatable bonds is 10. The molecular weight excluding hydrogens is 396 g/mol. The van der Waals surface area contributed by atoms with Crippen molar-refractivity contribution in [3.05, 3.63) is 36.2 Å². The van der Waals surface area contributed by atoms with Gasteiger partial charge in [0.15, 0.2) is 0 Å². The lowest BCUT2D eigenvalue weighted by Gasteiger charge is -2.36. The minimum absolute atomic E-state index is 0.0857. The third-order valence-electron chi connectivity index (χ3n) is 5.53. The summed E-state index contributed by atoms with van der Waals surface area (Å²) in [6.07, 6.45) is 5.44. The second-order valence-corrected chi connectivity index (χ2v) is 7.72. The first-order valence-corrected chi connectivity index (χ1v) is 10.9. The van der Waals surface area contributed by atoms with Gasteiger partial charge in [-0.05, 0) is 50.3 Å². The highest BCUT2D eigenvalue weighted by Gasteiger charge is 2.23. The molecule has 0 bridgehead atoms. The first kappa shape index (κ1) is 22.8. The maximum atomic E-state index is 11.2. The van der Waals surface area contributed by atoms with Crippen LogP contribution in [0.2, 0.25) is 0 Å². The molecule has 1 fully saturated rings. The largest absolute Gasteiger partial charge is 0.481 e. The minimum atomic E-state index is -0.802. The molecule has 168 valence electrons. The van der Waals surface area contributed by atoms with Crippen LogP contribution in [-0.4, -0.2) is 53.5 Å². The van der Waals surface area contributed by atoms with Crippen molar-refractivity contribution < 1.29 is 19.4 Å². The number of hydrogen-bond acceptors (Lipinski definition) is 7. The Labute approximate surface area is 183 Å². The van der Waals surface area contributed by atoms with Crippen LogP contribution >= 0.6 is 0 Å². The van der Waals surface area contributed by atoms with Gasteiger partial charge in [0.2, 0.25) is 0 Å². The van der Waals surface area contributed by atoms with E-state index in [-0.39, 0.29) is 12.3 Å². The SMILES string of the molecule is CCOc1ncc(Nc2cc(C(C)CC(=O)O)ccc2N(CC)C2CCOCC2)cn1. The van der Waals surface area contributed by atoms with Crippen molar-refractivity contribution in [1.29, 1.82) is 0 Å². The number of aliphatic carboxylic acids is 1. The maximum absolute atomic E-state index is 11.2. The van der Waals surface area contributed by atoms with E-state index < -0.39 is 5.97 Å². The van der Waals surface area contributed by atoms with E-state index >= 15 is 0 Å². The summed E-state index contributed by atoms with van der Waals surface area (Å²) in [5, 5.41) is 12.6. The number of carboxylic acids is 1. The van der Waals surface area contributed by atoms with Crippen LogP contribution in [0.15, 0.2) is 30.6 Å². The third kappa shape index (κ3) is 6.07. The molecular formula is C23H32N4O4. The number of ether oxygens (including phenoxy) is 2. The number of hydrogen-bond donors (Lipinski definition) is 2. The van der Waals surface area contributed by atoms with Crippen LogP contribution < -0.4 is 15.0 Å². The minimum Gasteiger partial charge on any atom is -0.481 e. The van der Waals surface area contributed by atoms with Crippen molar-refractivity contribution in [1.82, 2.24) is 9.97 Å². The highest BCUT2D eigenvalue weighted by atomic mass is 16.5. The quantitative estimate of drug-likeness (QED) is 0.581. The van der Waals surface area contributed by atoms with E-state index in [9.17, 15) is 9.90 Å². The van der Waals surface area contributed by atoms with Crippen LogP contribution in [0, 0.1) is 0 Å². The van der Waals surface area contributed by atoms with Crippen LogP contribution in [0.1, 0.15) is 51.5 Å². The van der Waals surface area contributed by atoms with Gasteiger partial charge < -0.3 is 24.8 Å². The number of carboxylic acid groups (broad SMARTS) is 1. The Balaban J connectivity index is 1.93. The molecule has 2 N–H and O–H groups in total. The normalized spacial score (nSPS) is 15.3. The molecule has 1 aliphatic heterocycles. The highest BCUT2D eigenvalue weighted by molar-refractivity contribution is 5.76. The van der Waals surface area contributed by atoms with E-state index in [2.05, 4.69) is 33.2 Å². The summed E-state index contributed by atoms with van der Waals surface area (Å²) in [4.78, 5) is 22.1. The molecule has 31 heavy (non-hydrogen) atoms. The van der Waals surface area contributed by atoms with Gasteiger partial charge in [-0.1, -0.05) is 13.0 Å². The molecule has 0 spiro atoms. The number of nitrogens with one attached hydrogen (secondary N) is 1. The Hall–Kier alpha value is -2.87. The molecule has 1 aromatic carbocycles. The number of benzene rings is 1. The lowest BCUT2D eigenvalue weighted by atomic mass is 9.96. The number of aromatic nitrogens is 2. The van der Waals surface area contributed by atoms with E-state index in [1.165, 1.54) is 0 Å². The number of nitrogens with zero attached hydrogens (tertiary/aromatic N) is 3. The van der Waals surface area contributed by atoms with Crippen molar-refractivity contribution in [2.75, 3.05) is 36.6 Å². The van der Waals surface area contributed by atoms with E-state index in [0.29, 0.717) is 18.7 Å². The van der Waals surface area contributed by atoms with E-state index in [1.807, 2.05) is 26.0 Å². The molecule has 2 aromatic rings. The van der Waals surface area contributed by atoms with Gasteiger partial charge in [0.1, 0.15) is 0 Å². The van der Waals surface area contributed by atoms with Gasteiger partial charge >= 0.3 is 12.0 Å². The molecule has 0 aliphatic carbocycles. The molecule has 1 saturated heterocycles. The molecule has 0 amide bonds. The first-order valence-electron chi connectivity index (χ1n) is 10.9. The Morgan fingerprint density at radius 1 is 1.29 bits per heavy atom. The van der Waals surface area contributed by atoms with Crippen LogP contribution in [0.25, 0.3) is 0 Å². The van der Waals surface area contributed by atoms with Crippen LogP contribution in [0.5, 0.6) is 6.01 Å². The van der Waals surface area contributed by atoms with Crippen molar-refractivity contribution in [2.24, 2.45) is 0 Å². The lowest BCUT2D eigenvalue weighted by Crippen LogP contribution is -2.39. The van der Waals surface area contributed by atoms with Crippen LogP contribution in [-0.2, 0) is 9.53 Å². The Bertz CT molecular complexity index is 853. The molecule has 0 radical (unpaired) electrons. The maximum Gasteiger partial charge on any atom is 0.316 e. The Morgan fingerprint density at radius 2 is 2.00 bits per heavy atom. The summed E-state index contributed by atoms with van der Waals surface area (Å²) in [7, 11) is 0. The Kier molecular flexibility index (Phi) is 8.06. The summed E-state index contributed by atoms with van der Waals surface area (Å²) in [5.74, 6) is -0.898. The molecule has 1 atom stereocenters. The van der Waals surface area contributed by atoms with E-state index in [0.717, 1.165) is 55.2 Å². The molecule has 1 aliphatic rings. The molecule has 0 saturated carbocycles. The number of anilines is 3. The zero-order chi connectivity index (χ0) is 22.2. The fraction of sp³-hybridized carbons (Fsp3) is 0.522.